The third-order valence-electron chi connectivity index (χ3n) is 2.95. The van der Waals surface area contributed by atoms with Crippen LogP contribution < -0.4 is 22.3 Å². The Morgan fingerprint density at radius 3 is 2.74 bits per heavy atom. The number of nitrogen functional groups attached to an aromatic ring is 2. The molecule has 6 N–H and O–H groups in total. The van der Waals surface area contributed by atoms with E-state index < -0.39 is 0 Å². The first-order valence-electron chi connectivity index (χ1n) is 6.43. The summed E-state index contributed by atoms with van der Waals surface area (Å²) in [6, 6.07) is 1.73. The Hall–Kier alpha value is -1.64. The Bertz CT molecular complexity index is 395. The van der Waals surface area contributed by atoms with Crippen LogP contribution in [0.25, 0.3) is 0 Å². The number of hydrazine groups is 1. The van der Waals surface area contributed by atoms with Gasteiger partial charge in [0.1, 0.15) is 11.6 Å². The summed E-state index contributed by atoms with van der Waals surface area (Å²) in [5, 5.41) is 3.22. The molecule has 8 nitrogen and oxygen atoms in total. The van der Waals surface area contributed by atoms with Gasteiger partial charge in [-0.2, -0.15) is 9.97 Å². The fourth-order valence-corrected chi connectivity index (χ4v) is 1.97. The van der Waals surface area contributed by atoms with Crippen LogP contribution in [0.5, 0.6) is 0 Å². The van der Waals surface area contributed by atoms with E-state index in [-0.39, 0.29) is 5.95 Å². The molecule has 1 fully saturated rings. The van der Waals surface area contributed by atoms with Crippen LogP contribution in [0.15, 0.2) is 6.07 Å². The number of morpholine rings is 1. The molecule has 1 saturated heterocycles. The maximum atomic E-state index is 5.58. The Labute approximate surface area is 112 Å². The summed E-state index contributed by atoms with van der Waals surface area (Å²) in [7, 11) is 0. The summed E-state index contributed by atoms with van der Waals surface area (Å²) in [5.41, 5.74) is 8.03. The number of anilines is 3. The molecule has 0 radical (unpaired) electrons. The first-order valence-corrected chi connectivity index (χ1v) is 6.43. The van der Waals surface area contributed by atoms with E-state index >= 15 is 0 Å². The highest BCUT2D eigenvalue weighted by atomic mass is 16.5. The second-order valence-electron chi connectivity index (χ2n) is 4.38. The zero-order chi connectivity index (χ0) is 13.5. The Morgan fingerprint density at radius 2 is 2.00 bits per heavy atom. The van der Waals surface area contributed by atoms with Crippen LogP contribution in [0.1, 0.15) is 6.42 Å². The molecular weight excluding hydrogens is 246 g/mol. The number of rotatable bonds is 6. The number of nitrogens with zero attached hydrogens (tertiary/aromatic N) is 3. The zero-order valence-corrected chi connectivity index (χ0v) is 10.9. The molecule has 0 atom stereocenters. The SMILES string of the molecule is NNc1cc(NCCCN2CCOCC2)nc(N)n1. The van der Waals surface area contributed by atoms with E-state index in [2.05, 4.69) is 25.6 Å². The number of nitrogens with two attached hydrogens (primary N) is 2. The normalized spacial score (nSPS) is 16.3. The molecule has 0 aliphatic carbocycles. The van der Waals surface area contributed by atoms with Crippen molar-refractivity contribution in [2.75, 3.05) is 55.9 Å². The highest BCUT2D eigenvalue weighted by Gasteiger charge is 2.09. The van der Waals surface area contributed by atoms with Crippen molar-refractivity contribution in [3.63, 3.8) is 0 Å². The van der Waals surface area contributed by atoms with E-state index in [9.17, 15) is 0 Å². The van der Waals surface area contributed by atoms with Gasteiger partial charge in [-0.1, -0.05) is 0 Å². The molecule has 0 spiro atoms. The highest BCUT2D eigenvalue weighted by Crippen LogP contribution is 2.11. The van der Waals surface area contributed by atoms with Crippen molar-refractivity contribution in [2.45, 2.75) is 6.42 Å². The number of aromatic nitrogens is 2. The number of nitrogens with one attached hydrogen (secondary N) is 2. The summed E-state index contributed by atoms with van der Waals surface area (Å²) in [6.45, 7) is 5.59. The largest absolute Gasteiger partial charge is 0.379 e. The molecule has 1 aliphatic rings. The van der Waals surface area contributed by atoms with Gasteiger partial charge in [0, 0.05) is 25.7 Å². The Kier molecular flexibility index (Phi) is 5.13. The van der Waals surface area contributed by atoms with Crippen molar-refractivity contribution in [2.24, 2.45) is 5.84 Å². The lowest BCUT2D eigenvalue weighted by Crippen LogP contribution is -2.37. The first kappa shape index (κ1) is 13.8. The molecule has 1 aromatic rings. The van der Waals surface area contributed by atoms with Gasteiger partial charge in [0.2, 0.25) is 5.95 Å². The van der Waals surface area contributed by atoms with Gasteiger partial charge in [-0.15, -0.1) is 0 Å². The van der Waals surface area contributed by atoms with Crippen LogP contribution >= 0.6 is 0 Å². The Morgan fingerprint density at radius 1 is 1.26 bits per heavy atom. The minimum absolute atomic E-state index is 0.200. The summed E-state index contributed by atoms with van der Waals surface area (Å²) in [4.78, 5) is 10.4. The van der Waals surface area contributed by atoms with Crippen LogP contribution in [0.2, 0.25) is 0 Å². The second-order valence-corrected chi connectivity index (χ2v) is 4.38. The summed E-state index contributed by atoms with van der Waals surface area (Å²) in [5.74, 6) is 6.68. The quantitative estimate of drug-likeness (QED) is 0.309. The van der Waals surface area contributed by atoms with Gasteiger partial charge in [-0.3, -0.25) is 4.90 Å². The summed E-state index contributed by atoms with van der Waals surface area (Å²) < 4.78 is 5.31. The summed E-state index contributed by atoms with van der Waals surface area (Å²) in [6.07, 6.45) is 1.04. The smallest absolute Gasteiger partial charge is 0.223 e. The third kappa shape index (κ3) is 4.51. The molecule has 106 valence electrons. The van der Waals surface area contributed by atoms with Gasteiger partial charge >= 0.3 is 0 Å². The molecule has 2 rings (SSSR count). The molecule has 0 amide bonds. The van der Waals surface area contributed by atoms with Gasteiger partial charge in [0.05, 0.1) is 13.2 Å². The van der Waals surface area contributed by atoms with Gasteiger partial charge < -0.3 is 21.2 Å². The van der Waals surface area contributed by atoms with E-state index in [1.807, 2.05) is 0 Å². The number of ether oxygens (including phenoxy) is 1. The molecule has 2 heterocycles. The van der Waals surface area contributed by atoms with Crippen molar-refractivity contribution >= 4 is 17.6 Å². The molecule has 0 aromatic carbocycles. The van der Waals surface area contributed by atoms with Crippen LogP contribution in [0.3, 0.4) is 0 Å². The van der Waals surface area contributed by atoms with Crippen LogP contribution in [0.4, 0.5) is 17.6 Å². The van der Waals surface area contributed by atoms with Crippen LogP contribution in [-0.2, 0) is 4.74 Å². The highest BCUT2D eigenvalue weighted by molar-refractivity contribution is 5.50. The molecule has 0 saturated carbocycles. The maximum absolute atomic E-state index is 5.58. The summed E-state index contributed by atoms with van der Waals surface area (Å²) >= 11 is 0. The second kappa shape index (κ2) is 7.07. The van der Waals surface area contributed by atoms with Crippen LogP contribution in [0, 0.1) is 0 Å². The predicted octanol–water partition coefficient (Wildman–Crippen LogP) is -0.521. The lowest BCUT2D eigenvalue weighted by atomic mass is 10.3. The lowest BCUT2D eigenvalue weighted by Gasteiger charge is -2.26. The van der Waals surface area contributed by atoms with E-state index in [1.54, 1.807) is 6.07 Å². The van der Waals surface area contributed by atoms with Gasteiger partial charge in [0.15, 0.2) is 0 Å². The van der Waals surface area contributed by atoms with Gasteiger partial charge in [-0.05, 0) is 13.0 Å². The van der Waals surface area contributed by atoms with Crippen molar-refractivity contribution < 1.29 is 4.74 Å². The van der Waals surface area contributed by atoms with Crippen LogP contribution in [-0.4, -0.2) is 54.3 Å². The third-order valence-corrected chi connectivity index (χ3v) is 2.95. The first-order chi connectivity index (χ1) is 9.28. The lowest BCUT2D eigenvalue weighted by molar-refractivity contribution is 0.0378. The number of hydrogen-bond acceptors (Lipinski definition) is 8. The average Bonchev–Trinajstić information content (AvgIpc) is 2.44. The van der Waals surface area contributed by atoms with Crippen molar-refractivity contribution in [3.05, 3.63) is 6.07 Å². The van der Waals surface area contributed by atoms with Crippen molar-refractivity contribution in [1.82, 2.24) is 14.9 Å². The average molecular weight is 267 g/mol. The minimum atomic E-state index is 0.200. The minimum Gasteiger partial charge on any atom is -0.379 e. The van der Waals surface area contributed by atoms with E-state index in [0.717, 1.165) is 45.8 Å². The molecule has 0 unspecified atom stereocenters. The molecule has 0 bridgehead atoms. The number of hydrogen-bond donors (Lipinski definition) is 4. The maximum Gasteiger partial charge on any atom is 0.223 e. The van der Waals surface area contributed by atoms with Crippen molar-refractivity contribution in [3.8, 4) is 0 Å². The molecular formula is C11H21N7O. The fraction of sp³-hybridized carbons (Fsp3) is 0.636. The van der Waals surface area contributed by atoms with E-state index in [1.165, 1.54) is 0 Å². The fourth-order valence-electron chi connectivity index (χ4n) is 1.97. The molecule has 19 heavy (non-hydrogen) atoms. The van der Waals surface area contributed by atoms with Gasteiger partial charge in [0.25, 0.3) is 0 Å². The molecule has 8 heteroatoms. The van der Waals surface area contributed by atoms with E-state index in [0.29, 0.717) is 11.6 Å². The Balaban J connectivity index is 1.71. The van der Waals surface area contributed by atoms with E-state index in [4.69, 9.17) is 16.3 Å². The molecule has 1 aliphatic heterocycles. The molecule has 1 aromatic heterocycles. The topological polar surface area (TPSA) is 114 Å². The zero-order valence-electron chi connectivity index (χ0n) is 10.9. The standard InChI is InChI=1S/C11H21N7O/c12-11-15-9(8-10(16-11)17-13)14-2-1-3-18-4-6-19-7-5-18/h8H,1-7,13H2,(H4,12,14,15,16,17). The predicted molar refractivity (Wildman–Crippen MR) is 74.6 cm³/mol. The van der Waals surface area contributed by atoms with Gasteiger partial charge in [-0.25, -0.2) is 5.84 Å². The monoisotopic (exact) mass is 267 g/mol. The van der Waals surface area contributed by atoms with Crippen molar-refractivity contribution in [1.29, 1.82) is 0 Å².